The second kappa shape index (κ2) is 7.00. The van der Waals surface area contributed by atoms with Gasteiger partial charge in [-0.15, -0.1) is 0 Å². The van der Waals surface area contributed by atoms with Crippen LogP contribution in [0.3, 0.4) is 0 Å². The molecule has 0 spiro atoms. The zero-order chi connectivity index (χ0) is 16.9. The first-order valence-electron chi connectivity index (χ1n) is 7.78. The van der Waals surface area contributed by atoms with Gasteiger partial charge < -0.3 is 10.1 Å². The maximum Gasteiger partial charge on any atom is 0.277 e. The number of benzene rings is 2. The summed E-state index contributed by atoms with van der Waals surface area (Å²) < 4.78 is 5.38. The first kappa shape index (κ1) is 15.8. The van der Waals surface area contributed by atoms with Gasteiger partial charge in [-0.3, -0.25) is 14.5 Å². The van der Waals surface area contributed by atoms with Crippen LogP contribution in [0.2, 0.25) is 0 Å². The first-order valence-corrected chi connectivity index (χ1v) is 7.78. The van der Waals surface area contributed by atoms with Crippen molar-refractivity contribution in [2.24, 2.45) is 0 Å². The Morgan fingerprint density at radius 2 is 1.71 bits per heavy atom. The van der Waals surface area contributed by atoms with E-state index in [1.54, 1.807) is 0 Å². The van der Waals surface area contributed by atoms with E-state index in [0.29, 0.717) is 6.61 Å². The highest BCUT2D eigenvalue weighted by Gasteiger charge is 2.31. The largest absolute Gasteiger partial charge is 0.494 e. The molecule has 0 atom stereocenters. The molecule has 122 valence electrons. The number of carbonyl (C=O) groups excluding carboxylic acids is 2. The summed E-state index contributed by atoms with van der Waals surface area (Å²) in [7, 11) is 0. The van der Waals surface area contributed by atoms with Gasteiger partial charge in [0.25, 0.3) is 11.8 Å². The molecule has 0 bridgehead atoms. The van der Waals surface area contributed by atoms with Gasteiger partial charge in [-0.05, 0) is 36.8 Å². The quantitative estimate of drug-likeness (QED) is 0.831. The van der Waals surface area contributed by atoms with Crippen LogP contribution in [-0.2, 0) is 16.1 Å². The molecule has 0 unspecified atom stereocenters. The third-order valence-electron chi connectivity index (χ3n) is 3.64. The van der Waals surface area contributed by atoms with E-state index < -0.39 is 0 Å². The lowest BCUT2D eigenvalue weighted by Crippen LogP contribution is -2.31. The zero-order valence-corrected chi connectivity index (χ0v) is 13.4. The summed E-state index contributed by atoms with van der Waals surface area (Å²) in [6.45, 7) is 2.78. The highest BCUT2D eigenvalue weighted by atomic mass is 16.5. The van der Waals surface area contributed by atoms with Crippen molar-refractivity contribution in [3.63, 3.8) is 0 Å². The molecule has 0 fully saturated rings. The summed E-state index contributed by atoms with van der Waals surface area (Å²) >= 11 is 0. The Balaban J connectivity index is 1.68. The molecule has 1 aliphatic heterocycles. The summed E-state index contributed by atoms with van der Waals surface area (Å²) in [6.07, 6.45) is 1.34. The van der Waals surface area contributed by atoms with Gasteiger partial charge in [-0.2, -0.15) is 0 Å². The van der Waals surface area contributed by atoms with Gasteiger partial charge in [0, 0.05) is 11.8 Å². The molecule has 5 nitrogen and oxygen atoms in total. The number of amides is 2. The van der Waals surface area contributed by atoms with Crippen molar-refractivity contribution < 1.29 is 14.3 Å². The van der Waals surface area contributed by atoms with Gasteiger partial charge in [0.05, 0.1) is 13.2 Å². The van der Waals surface area contributed by atoms with Crippen molar-refractivity contribution >= 4 is 17.5 Å². The van der Waals surface area contributed by atoms with Crippen LogP contribution in [0, 0.1) is 0 Å². The molecule has 5 heteroatoms. The molecule has 1 aliphatic rings. The van der Waals surface area contributed by atoms with Crippen LogP contribution < -0.4 is 10.1 Å². The number of nitrogens with zero attached hydrogens (tertiary/aromatic N) is 1. The van der Waals surface area contributed by atoms with E-state index in [-0.39, 0.29) is 24.1 Å². The number of anilines is 1. The molecular weight excluding hydrogens is 304 g/mol. The van der Waals surface area contributed by atoms with Crippen molar-refractivity contribution in [3.8, 4) is 5.75 Å². The number of imide groups is 1. The average Bonchev–Trinajstić information content (AvgIpc) is 2.85. The number of hydrogen-bond donors (Lipinski definition) is 1. The Morgan fingerprint density at radius 3 is 2.38 bits per heavy atom. The van der Waals surface area contributed by atoms with E-state index in [4.69, 9.17) is 4.74 Å². The molecule has 0 radical (unpaired) electrons. The van der Waals surface area contributed by atoms with Crippen LogP contribution in [0.15, 0.2) is 66.4 Å². The topological polar surface area (TPSA) is 58.6 Å². The van der Waals surface area contributed by atoms with Crippen LogP contribution in [0.5, 0.6) is 5.75 Å². The Bertz CT molecular complexity index is 767. The van der Waals surface area contributed by atoms with Gasteiger partial charge >= 0.3 is 0 Å². The third-order valence-corrected chi connectivity index (χ3v) is 3.64. The second-order valence-corrected chi connectivity index (χ2v) is 5.36. The van der Waals surface area contributed by atoms with E-state index >= 15 is 0 Å². The van der Waals surface area contributed by atoms with Crippen molar-refractivity contribution in [2.45, 2.75) is 13.5 Å². The van der Waals surface area contributed by atoms with Crippen LogP contribution in [0.25, 0.3) is 0 Å². The minimum Gasteiger partial charge on any atom is -0.494 e. The predicted molar refractivity (Wildman–Crippen MR) is 91.3 cm³/mol. The molecule has 0 aliphatic carbocycles. The van der Waals surface area contributed by atoms with Gasteiger partial charge in [0.15, 0.2) is 0 Å². The molecule has 0 aromatic heterocycles. The molecule has 1 heterocycles. The Labute approximate surface area is 140 Å². The first-order chi connectivity index (χ1) is 11.7. The molecule has 0 saturated carbocycles. The van der Waals surface area contributed by atoms with E-state index in [2.05, 4.69) is 5.32 Å². The normalized spacial score (nSPS) is 13.9. The van der Waals surface area contributed by atoms with Crippen LogP contribution >= 0.6 is 0 Å². The third kappa shape index (κ3) is 3.46. The van der Waals surface area contributed by atoms with Gasteiger partial charge in [-0.1, -0.05) is 30.3 Å². The SMILES string of the molecule is CCOc1ccc(NC2=CC(=O)N(Cc3ccccc3)C2=O)cc1. The van der Waals surface area contributed by atoms with E-state index in [9.17, 15) is 9.59 Å². The lowest BCUT2D eigenvalue weighted by Gasteiger charge is -2.15. The number of carbonyl (C=O) groups is 2. The Morgan fingerprint density at radius 1 is 1.00 bits per heavy atom. The number of nitrogens with one attached hydrogen (secondary N) is 1. The van der Waals surface area contributed by atoms with Crippen LogP contribution in [0.1, 0.15) is 12.5 Å². The van der Waals surface area contributed by atoms with Gasteiger partial charge in [0.2, 0.25) is 0 Å². The monoisotopic (exact) mass is 322 g/mol. The maximum atomic E-state index is 12.4. The van der Waals surface area contributed by atoms with E-state index in [0.717, 1.165) is 17.0 Å². The van der Waals surface area contributed by atoms with Crippen LogP contribution in [-0.4, -0.2) is 23.3 Å². The zero-order valence-electron chi connectivity index (χ0n) is 13.4. The number of ether oxygens (including phenoxy) is 1. The fourth-order valence-electron chi connectivity index (χ4n) is 2.47. The smallest absolute Gasteiger partial charge is 0.277 e. The standard InChI is InChI=1S/C19H18N2O3/c1-2-24-16-10-8-15(9-11-16)20-17-12-18(22)21(19(17)23)13-14-6-4-3-5-7-14/h3-12,20H,2,13H2,1H3. The molecule has 0 saturated heterocycles. The Kier molecular flexibility index (Phi) is 4.61. The van der Waals surface area contributed by atoms with Crippen molar-refractivity contribution in [1.82, 2.24) is 4.90 Å². The highest BCUT2D eigenvalue weighted by Crippen LogP contribution is 2.21. The number of hydrogen-bond acceptors (Lipinski definition) is 4. The molecule has 2 aromatic rings. The lowest BCUT2D eigenvalue weighted by molar-refractivity contribution is -0.137. The van der Waals surface area contributed by atoms with Crippen molar-refractivity contribution in [1.29, 1.82) is 0 Å². The summed E-state index contributed by atoms with van der Waals surface area (Å²) in [6, 6.07) is 16.7. The molecule has 24 heavy (non-hydrogen) atoms. The summed E-state index contributed by atoms with van der Waals surface area (Å²) in [5, 5.41) is 3.00. The van der Waals surface area contributed by atoms with Crippen LogP contribution in [0.4, 0.5) is 5.69 Å². The molecule has 1 N–H and O–H groups in total. The van der Waals surface area contributed by atoms with Crippen molar-refractivity contribution in [3.05, 3.63) is 71.9 Å². The highest BCUT2D eigenvalue weighted by molar-refractivity contribution is 6.17. The Hall–Kier alpha value is -3.08. The summed E-state index contributed by atoms with van der Waals surface area (Å²) in [5.74, 6) is 0.131. The summed E-state index contributed by atoms with van der Waals surface area (Å²) in [5.41, 5.74) is 1.92. The van der Waals surface area contributed by atoms with E-state index in [1.165, 1.54) is 11.0 Å². The predicted octanol–water partition coefficient (Wildman–Crippen LogP) is 2.95. The molecule has 2 aromatic carbocycles. The minimum atomic E-state index is -0.322. The molecule has 3 rings (SSSR count). The molecule has 2 amide bonds. The average molecular weight is 322 g/mol. The van der Waals surface area contributed by atoms with Gasteiger partial charge in [0.1, 0.15) is 11.4 Å². The second-order valence-electron chi connectivity index (χ2n) is 5.36. The minimum absolute atomic E-state index is 0.267. The number of rotatable bonds is 6. The fourth-order valence-corrected chi connectivity index (χ4v) is 2.47. The lowest BCUT2D eigenvalue weighted by atomic mass is 10.2. The van der Waals surface area contributed by atoms with Gasteiger partial charge in [-0.25, -0.2) is 0 Å². The van der Waals surface area contributed by atoms with E-state index in [1.807, 2.05) is 61.5 Å². The maximum absolute atomic E-state index is 12.4. The fraction of sp³-hybridized carbons (Fsp3) is 0.158. The summed E-state index contributed by atoms with van der Waals surface area (Å²) in [4.78, 5) is 25.8. The molecular formula is C19H18N2O3. The van der Waals surface area contributed by atoms with Crippen molar-refractivity contribution in [2.75, 3.05) is 11.9 Å².